The first kappa shape index (κ1) is 12.9. The SMILES string of the molecule is COc1cc(Cl)c(CCON)c(O)c1OC. The minimum Gasteiger partial charge on any atom is -0.504 e. The predicted octanol–water partition coefficient (Wildman–Crippen LogP) is 1.50. The summed E-state index contributed by atoms with van der Waals surface area (Å²) in [6, 6.07) is 1.58. The Bertz CT molecular complexity index is 370. The maximum absolute atomic E-state index is 9.92. The van der Waals surface area contributed by atoms with E-state index in [1.54, 1.807) is 6.07 Å². The number of nitrogens with two attached hydrogens (primary N) is 1. The molecule has 1 rings (SSSR count). The second-order valence-electron chi connectivity index (χ2n) is 3.04. The molecule has 0 amide bonds. The average Bonchev–Trinajstić information content (AvgIpc) is 2.28. The van der Waals surface area contributed by atoms with Gasteiger partial charge in [-0.3, -0.25) is 0 Å². The highest BCUT2D eigenvalue weighted by molar-refractivity contribution is 6.31. The second-order valence-corrected chi connectivity index (χ2v) is 3.45. The van der Waals surface area contributed by atoms with Crippen LogP contribution in [-0.2, 0) is 11.3 Å². The molecule has 0 radical (unpaired) electrons. The van der Waals surface area contributed by atoms with Crippen molar-refractivity contribution in [2.24, 2.45) is 5.90 Å². The molecule has 0 bridgehead atoms. The maximum Gasteiger partial charge on any atom is 0.203 e. The molecule has 3 N–H and O–H groups in total. The van der Waals surface area contributed by atoms with Crippen LogP contribution in [0, 0.1) is 0 Å². The van der Waals surface area contributed by atoms with E-state index in [0.29, 0.717) is 22.8 Å². The van der Waals surface area contributed by atoms with Crippen molar-refractivity contribution in [3.63, 3.8) is 0 Å². The fourth-order valence-corrected chi connectivity index (χ4v) is 1.67. The van der Waals surface area contributed by atoms with Gasteiger partial charge in [-0.15, -0.1) is 0 Å². The molecule has 1 aromatic rings. The molecule has 0 aliphatic heterocycles. The fraction of sp³-hybridized carbons (Fsp3) is 0.400. The number of ether oxygens (including phenoxy) is 2. The lowest BCUT2D eigenvalue weighted by atomic mass is 10.1. The Morgan fingerprint density at radius 3 is 2.56 bits per heavy atom. The molecule has 0 spiro atoms. The van der Waals surface area contributed by atoms with Crippen molar-refractivity contribution in [1.82, 2.24) is 0 Å². The van der Waals surface area contributed by atoms with Crippen LogP contribution in [0.3, 0.4) is 0 Å². The Morgan fingerprint density at radius 1 is 1.38 bits per heavy atom. The number of hydrogen-bond acceptors (Lipinski definition) is 5. The van der Waals surface area contributed by atoms with Crippen LogP contribution in [0.2, 0.25) is 5.02 Å². The number of benzene rings is 1. The molecule has 0 aliphatic carbocycles. The highest BCUT2D eigenvalue weighted by Gasteiger charge is 2.17. The molecule has 0 aromatic heterocycles. The van der Waals surface area contributed by atoms with Gasteiger partial charge in [-0.25, -0.2) is 5.90 Å². The van der Waals surface area contributed by atoms with Gasteiger partial charge < -0.3 is 19.4 Å². The molecule has 5 nitrogen and oxygen atoms in total. The van der Waals surface area contributed by atoms with E-state index >= 15 is 0 Å². The van der Waals surface area contributed by atoms with Gasteiger partial charge in [-0.1, -0.05) is 11.6 Å². The number of halogens is 1. The van der Waals surface area contributed by atoms with Crippen LogP contribution in [0.5, 0.6) is 17.2 Å². The molecular formula is C10H14ClNO4. The minimum atomic E-state index is -0.0519. The smallest absolute Gasteiger partial charge is 0.203 e. The molecule has 6 heteroatoms. The lowest BCUT2D eigenvalue weighted by Crippen LogP contribution is -2.05. The summed E-state index contributed by atoms with van der Waals surface area (Å²) in [6.45, 7) is 0.253. The Labute approximate surface area is 98.6 Å². The third-order valence-electron chi connectivity index (χ3n) is 2.16. The standard InChI is InChI=1S/C10H14ClNO4/c1-14-8-5-7(11)6(3-4-16-12)9(13)10(8)15-2/h5,13H,3-4,12H2,1-2H3. The van der Waals surface area contributed by atoms with Crippen LogP contribution in [0.4, 0.5) is 0 Å². The fourth-order valence-electron chi connectivity index (χ4n) is 1.38. The summed E-state index contributed by atoms with van der Waals surface area (Å²) in [6.07, 6.45) is 0.390. The van der Waals surface area contributed by atoms with Gasteiger partial charge in [-0.05, 0) is 0 Å². The lowest BCUT2D eigenvalue weighted by molar-refractivity contribution is 0.140. The molecule has 16 heavy (non-hydrogen) atoms. The van der Waals surface area contributed by atoms with E-state index in [0.717, 1.165) is 0 Å². The van der Waals surface area contributed by atoms with Crippen LogP contribution < -0.4 is 15.4 Å². The lowest BCUT2D eigenvalue weighted by Gasteiger charge is -2.14. The van der Waals surface area contributed by atoms with Crippen LogP contribution in [0.1, 0.15) is 5.56 Å². The minimum absolute atomic E-state index is 0.0519. The summed E-state index contributed by atoms with van der Waals surface area (Å²) in [4.78, 5) is 4.44. The zero-order chi connectivity index (χ0) is 12.1. The summed E-state index contributed by atoms with van der Waals surface area (Å²) in [5, 5.41) is 10.3. The Morgan fingerprint density at radius 2 is 2.06 bits per heavy atom. The van der Waals surface area contributed by atoms with Crippen molar-refractivity contribution in [3.05, 3.63) is 16.7 Å². The average molecular weight is 248 g/mol. The molecule has 1 aromatic carbocycles. The number of rotatable bonds is 5. The van der Waals surface area contributed by atoms with Crippen molar-refractivity contribution >= 4 is 11.6 Å². The molecule has 0 heterocycles. The third-order valence-corrected chi connectivity index (χ3v) is 2.50. The number of hydrogen-bond donors (Lipinski definition) is 2. The van der Waals surface area contributed by atoms with Gasteiger partial charge in [0.05, 0.1) is 25.8 Å². The zero-order valence-corrected chi connectivity index (χ0v) is 9.87. The van der Waals surface area contributed by atoms with Crippen molar-refractivity contribution in [2.45, 2.75) is 6.42 Å². The Hall–Kier alpha value is -1.17. The van der Waals surface area contributed by atoms with Crippen LogP contribution >= 0.6 is 11.6 Å². The summed E-state index contributed by atoms with van der Waals surface area (Å²) in [7, 11) is 2.91. The second kappa shape index (κ2) is 5.79. The van der Waals surface area contributed by atoms with Gasteiger partial charge in [0.2, 0.25) is 5.75 Å². The molecule has 0 unspecified atom stereocenters. The summed E-state index contributed by atoms with van der Waals surface area (Å²) in [5.74, 6) is 5.50. The highest BCUT2D eigenvalue weighted by atomic mass is 35.5. The van der Waals surface area contributed by atoms with Gasteiger partial charge in [0.25, 0.3) is 0 Å². The van der Waals surface area contributed by atoms with E-state index < -0.39 is 0 Å². The van der Waals surface area contributed by atoms with Crippen molar-refractivity contribution in [3.8, 4) is 17.2 Å². The highest BCUT2D eigenvalue weighted by Crippen LogP contribution is 2.43. The number of methoxy groups -OCH3 is 2. The molecular weight excluding hydrogens is 234 g/mol. The Kier molecular flexibility index (Phi) is 4.67. The summed E-state index contributed by atoms with van der Waals surface area (Å²) in [5.41, 5.74) is 0.518. The normalized spacial score (nSPS) is 10.2. The van der Waals surface area contributed by atoms with Crippen LogP contribution in [0.25, 0.3) is 0 Å². The molecule has 0 saturated carbocycles. The molecule has 0 saturated heterocycles. The first-order valence-corrected chi connectivity index (χ1v) is 4.97. The maximum atomic E-state index is 9.92. The van der Waals surface area contributed by atoms with E-state index in [-0.39, 0.29) is 18.1 Å². The van der Waals surface area contributed by atoms with E-state index in [1.165, 1.54) is 14.2 Å². The topological polar surface area (TPSA) is 73.9 Å². The van der Waals surface area contributed by atoms with E-state index in [4.69, 9.17) is 27.0 Å². The first-order chi connectivity index (χ1) is 7.65. The van der Waals surface area contributed by atoms with Gasteiger partial charge in [0, 0.05) is 18.1 Å². The van der Waals surface area contributed by atoms with Gasteiger partial charge in [0.15, 0.2) is 11.5 Å². The van der Waals surface area contributed by atoms with Crippen molar-refractivity contribution in [1.29, 1.82) is 0 Å². The molecule has 90 valence electrons. The summed E-state index contributed by atoms with van der Waals surface area (Å²) < 4.78 is 10.1. The van der Waals surface area contributed by atoms with Gasteiger partial charge in [0.1, 0.15) is 0 Å². The number of phenols is 1. The Balaban J connectivity index is 3.18. The van der Waals surface area contributed by atoms with Gasteiger partial charge >= 0.3 is 0 Å². The van der Waals surface area contributed by atoms with Crippen LogP contribution in [0.15, 0.2) is 6.07 Å². The van der Waals surface area contributed by atoms with Crippen LogP contribution in [-0.4, -0.2) is 25.9 Å². The number of phenolic OH excluding ortho intramolecular Hbond substituents is 1. The third kappa shape index (κ3) is 2.49. The van der Waals surface area contributed by atoms with E-state index in [2.05, 4.69) is 4.84 Å². The monoisotopic (exact) mass is 247 g/mol. The van der Waals surface area contributed by atoms with E-state index in [9.17, 15) is 5.11 Å². The number of aromatic hydroxyl groups is 1. The zero-order valence-electron chi connectivity index (χ0n) is 9.12. The van der Waals surface area contributed by atoms with Crippen molar-refractivity contribution in [2.75, 3.05) is 20.8 Å². The summed E-state index contributed by atoms with van der Waals surface area (Å²) >= 11 is 5.99. The molecule has 0 aliphatic rings. The first-order valence-electron chi connectivity index (χ1n) is 4.59. The van der Waals surface area contributed by atoms with Crippen molar-refractivity contribution < 1.29 is 19.4 Å². The van der Waals surface area contributed by atoms with Gasteiger partial charge in [-0.2, -0.15) is 0 Å². The molecule has 0 atom stereocenters. The van der Waals surface area contributed by atoms with E-state index in [1.807, 2.05) is 0 Å². The predicted molar refractivity (Wildman–Crippen MR) is 60.1 cm³/mol. The largest absolute Gasteiger partial charge is 0.504 e. The quantitative estimate of drug-likeness (QED) is 0.772. The molecule has 0 fully saturated rings.